The van der Waals surface area contributed by atoms with E-state index < -0.39 is 21.9 Å². The van der Waals surface area contributed by atoms with E-state index >= 15 is 0 Å². The fourth-order valence-corrected chi connectivity index (χ4v) is 4.30. The minimum absolute atomic E-state index is 0.0200. The van der Waals surface area contributed by atoms with Gasteiger partial charge in [0.25, 0.3) is 5.91 Å². The van der Waals surface area contributed by atoms with Gasteiger partial charge < -0.3 is 20.1 Å². The van der Waals surface area contributed by atoms with Crippen LogP contribution in [0.1, 0.15) is 5.56 Å². The number of esters is 1. The van der Waals surface area contributed by atoms with Crippen LogP contribution in [0, 0.1) is 0 Å². The van der Waals surface area contributed by atoms with Crippen LogP contribution in [-0.2, 0) is 30.8 Å². The number of rotatable bonds is 10. The minimum Gasteiger partial charge on any atom is -0.466 e. The quantitative estimate of drug-likeness (QED) is 0.451. The number of hydrogen-bond donors (Lipinski definition) is 3. The number of benzene rings is 2. The molecule has 170 valence electrons. The molecule has 0 aliphatic carbocycles. The molecule has 0 radical (unpaired) electrons. The molecule has 2 aromatic carbocycles. The fourth-order valence-electron chi connectivity index (χ4n) is 3.27. The second kappa shape index (κ2) is 10.4. The standard InChI is InChI=1S/C22H25N3O6S/c1-31-22(28)19-15-25(13-14-26)21(27)20(19)24-17-7-9-18(10-8-17)32(29,30)23-12-11-16-5-3-2-4-6-16/h2-10,23-24,26H,11-15H2,1H3. The molecular weight excluding hydrogens is 434 g/mol. The van der Waals surface area contributed by atoms with Crippen molar-refractivity contribution in [3.63, 3.8) is 0 Å². The van der Waals surface area contributed by atoms with Gasteiger partial charge in [-0.25, -0.2) is 17.9 Å². The van der Waals surface area contributed by atoms with E-state index in [1.54, 1.807) is 0 Å². The number of β-amino-alcohol motifs (C(OH)–C–C–N with tert-alkyl or cyclic N) is 1. The van der Waals surface area contributed by atoms with Crippen molar-refractivity contribution in [2.24, 2.45) is 0 Å². The summed E-state index contributed by atoms with van der Waals surface area (Å²) in [5, 5.41) is 12.0. The van der Waals surface area contributed by atoms with Crippen LogP contribution in [0.25, 0.3) is 0 Å². The van der Waals surface area contributed by atoms with Gasteiger partial charge in [0.2, 0.25) is 10.0 Å². The second-order valence-electron chi connectivity index (χ2n) is 7.08. The number of sulfonamides is 1. The Labute approximate surface area is 186 Å². The van der Waals surface area contributed by atoms with Crippen LogP contribution >= 0.6 is 0 Å². The topological polar surface area (TPSA) is 125 Å². The van der Waals surface area contributed by atoms with Crippen LogP contribution < -0.4 is 10.0 Å². The third-order valence-corrected chi connectivity index (χ3v) is 6.41. The second-order valence-corrected chi connectivity index (χ2v) is 8.85. The molecule has 0 atom stereocenters. The SMILES string of the molecule is COC(=O)C1=C(Nc2ccc(S(=O)(=O)NCCc3ccccc3)cc2)C(=O)N(CCO)C1. The number of aliphatic hydroxyl groups excluding tert-OH is 1. The zero-order chi connectivity index (χ0) is 23.1. The van der Waals surface area contributed by atoms with Crippen molar-refractivity contribution in [3.05, 3.63) is 71.4 Å². The lowest BCUT2D eigenvalue weighted by atomic mass is 10.2. The van der Waals surface area contributed by atoms with Gasteiger partial charge in [-0.15, -0.1) is 0 Å². The normalized spacial score (nSPS) is 14.1. The minimum atomic E-state index is -3.70. The molecule has 0 fully saturated rings. The lowest BCUT2D eigenvalue weighted by Crippen LogP contribution is -2.31. The van der Waals surface area contributed by atoms with Gasteiger partial charge in [-0.05, 0) is 36.2 Å². The summed E-state index contributed by atoms with van der Waals surface area (Å²) in [6.07, 6.45) is 0.566. The Bertz CT molecular complexity index is 1100. The number of amides is 1. The van der Waals surface area contributed by atoms with E-state index in [1.807, 2.05) is 30.3 Å². The summed E-state index contributed by atoms with van der Waals surface area (Å²) in [4.78, 5) is 26.0. The molecule has 1 heterocycles. The highest BCUT2D eigenvalue weighted by Crippen LogP contribution is 2.23. The molecule has 0 saturated heterocycles. The van der Waals surface area contributed by atoms with Gasteiger partial charge in [0.1, 0.15) is 5.70 Å². The molecule has 0 unspecified atom stereocenters. The lowest BCUT2D eigenvalue weighted by molar-refractivity contribution is -0.136. The summed E-state index contributed by atoms with van der Waals surface area (Å²) >= 11 is 0. The van der Waals surface area contributed by atoms with Crippen LogP contribution in [0.4, 0.5) is 5.69 Å². The largest absolute Gasteiger partial charge is 0.466 e. The van der Waals surface area contributed by atoms with Crippen LogP contribution in [0.3, 0.4) is 0 Å². The number of ether oxygens (including phenoxy) is 1. The summed E-state index contributed by atoms with van der Waals surface area (Å²) in [5.41, 5.74) is 1.65. The molecule has 0 spiro atoms. The van der Waals surface area contributed by atoms with Crippen molar-refractivity contribution in [3.8, 4) is 0 Å². The van der Waals surface area contributed by atoms with E-state index in [9.17, 15) is 18.0 Å². The first-order valence-electron chi connectivity index (χ1n) is 9.98. The first-order valence-corrected chi connectivity index (χ1v) is 11.5. The maximum absolute atomic E-state index is 12.6. The Balaban J connectivity index is 1.69. The van der Waals surface area contributed by atoms with Crippen molar-refractivity contribution < 1.29 is 27.9 Å². The summed E-state index contributed by atoms with van der Waals surface area (Å²) in [6, 6.07) is 15.4. The van der Waals surface area contributed by atoms with Crippen molar-refractivity contribution in [2.45, 2.75) is 11.3 Å². The molecule has 0 saturated carbocycles. The van der Waals surface area contributed by atoms with Crippen LogP contribution in [-0.4, -0.2) is 63.7 Å². The smallest absolute Gasteiger partial charge is 0.337 e. The summed E-state index contributed by atoms with van der Waals surface area (Å²) in [6.45, 7) is 0.122. The number of carbonyl (C=O) groups excluding carboxylic acids is 2. The third-order valence-electron chi connectivity index (χ3n) is 4.94. The Kier molecular flexibility index (Phi) is 7.62. The highest BCUT2D eigenvalue weighted by molar-refractivity contribution is 7.89. The number of aliphatic hydroxyl groups is 1. The van der Waals surface area contributed by atoms with Gasteiger partial charge in [0.05, 0.1) is 30.7 Å². The average Bonchev–Trinajstić information content (AvgIpc) is 3.10. The molecule has 0 aromatic heterocycles. The molecule has 10 heteroatoms. The van der Waals surface area contributed by atoms with E-state index in [4.69, 9.17) is 9.84 Å². The van der Waals surface area contributed by atoms with E-state index in [0.29, 0.717) is 12.1 Å². The number of methoxy groups -OCH3 is 1. The van der Waals surface area contributed by atoms with E-state index in [2.05, 4.69) is 10.0 Å². The Morgan fingerprint density at radius 1 is 1.12 bits per heavy atom. The van der Waals surface area contributed by atoms with Crippen LogP contribution in [0.15, 0.2) is 70.8 Å². The molecule has 3 rings (SSSR count). The maximum atomic E-state index is 12.6. The highest BCUT2D eigenvalue weighted by Gasteiger charge is 2.34. The van der Waals surface area contributed by atoms with Crippen molar-refractivity contribution in [1.29, 1.82) is 0 Å². The number of carbonyl (C=O) groups is 2. The van der Waals surface area contributed by atoms with Gasteiger partial charge in [-0.3, -0.25) is 4.79 Å². The Morgan fingerprint density at radius 3 is 2.44 bits per heavy atom. The molecule has 9 nitrogen and oxygen atoms in total. The average molecular weight is 460 g/mol. The zero-order valence-electron chi connectivity index (χ0n) is 17.6. The van der Waals surface area contributed by atoms with E-state index in [-0.39, 0.29) is 42.4 Å². The van der Waals surface area contributed by atoms with Crippen LogP contribution in [0.5, 0.6) is 0 Å². The predicted molar refractivity (Wildman–Crippen MR) is 118 cm³/mol. The Morgan fingerprint density at radius 2 is 1.81 bits per heavy atom. The monoisotopic (exact) mass is 459 g/mol. The van der Waals surface area contributed by atoms with E-state index in [1.165, 1.54) is 36.3 Å². The summed E-state index contributed by atoms with van der Waals surface area (Å²) in [7, 11) is -2.48. The number of nitrogens with zero attached hydrogens (tertiary/aromatic N) is 1. The Hall–Kier alpha value is -3.21. The first kappa shape index (κ1) is 23.5. The zero-order valence-corrected chi connectivity index (χ0v) is 18.4. The highest BCUT2D eigenvalue weighted by atomic mass is 32.2. The number of hydrogen-bond acceptors (Lipinski definition) is 7. The van der Waals surface area contributed by atoms with Crippen molar-refractivity contribution in [1.82, 2.24) is 9.62 Å². The summed E-state index contributed by atoms with van der Waals surface area (Å²) in [5.74, 6) is -1.10. The third kappa shape index (κ3) is 5.52. The van der Waals surface area contributed by atoms with Gasteiger partial charge in [0.15, 0.2) is 0 Å². The van der Waals surface area contributed by atoms with Crippen LogP contribution in [0.2, 0.25) is 0 Å². The molecule has 1 amide bonds. The molecule has 1 aliphatic heterocycles. The molecule has 2 aromatic rings. The number of anilines is 1. The molecular formula is C22H25N3O6S. The lowest BCUT2D eigenvalue weighted by Gasteiger charge is -2.15. The van der Waals surface area contributed by atoms with Gasteiger partial charge in [0, 0.05) is 18.8 Å². The first-order chi connectivity index (χ1) is 15.4. The van der Waals surface area contributed by atoms with E-state index in [0.717, 1.165) is 5.56 Å². The molecule has 32 heavy (non-hydrogen) atoms. The number of nitrogens with one attached hydrogen (secondary N) is 2. The van der Waals surface area contributed by atoms with Crippen molar-refractivity contribution in [2.75, 3.05) is 38.7 Å². The fraction of sp³-hybridized carbons (Fsp3) is 0.273. The molecule has 1 aliphatic rings. The summed E-state index contributed by atoms with van der Waals surface area (Å²) < 4.78 is 32.4. The molecule has 0 bridgehead atoms. The van der Waals surface area contributed by atoms with Crippen molar-refractivity contribution >= 4 is 27.6 Å². The van der Waals surface area contributed by atoms with Gasteiger partial charge in [-0.2, -0.15) is 0 Å². The van der Waals surface area contributed by atoms with Gasteiger partial charge >= 0.3 is 5.97 Å². The molecule has 3 N–H and O–H groups in total. The maximum Gasteiger partial charge on any atom is 0.337 e. The predicted octanol–water partition coefficient (Wildman–Crippen LogP) is 0.881. The van der Waals surface area contributed by atoms with Gasteiger partial charge in [-0.1, -0.05) is 30.3 Å².